The maximum atomic E-state index is 15.1. The molecule has 3 rings (SSSR count). The number of benzene rings is 1. The smallest absolute Gasteiger partial charge is 0.410 e. The number of nitrogens with zero attached hydrogens (tertiary/aromatic N) is 2. The first-order valence-corrected chi connectivity index (χ1v) is 10.0. The number of alkyl halides is 2. The molecule has 1 aliphatic heterocycles. The van der Waals surface area contributed by atoms with Crippen molar-refractivity contribution in [3.8, 4) is 0 Å². The molecule has 4 nitrogen and oxygen atoms in total. The summed E-state index contributed by atoms with van der Waals surface area (Å²) in [6.45, 7) is 6.61. The molecule has 6 heteroatoms. The maximum absolute atomic E-state index is 15.1. The summed E-state index contributed by atoms with van der Waals surface area (Å²) < 4.78 is 37.3. The van der Waals surface area contributed by atoms with Crippen LogP contribution < -0.4 is 4.57 Å². The lowest BCUT2D eigenvalue weighted by Gasteiger charge is -2.36. The quantitative estimate of drug-likeness (QED) is 0.690. The van der Waals surface area contributed by atoms with Crippen molar-refractivity contribution in [2.24, 2.45) is 5.92 Å². The summed E-state index contributed by atoms with van der Waals surface area (Å²) in [6.07, 6.45) is 3.48. The normalized spacial score (nSPS) is 16.0. The molecular weight excluding hydrogens is 374 g/mol. The number of piperidine rings is 1. The molecule has 0 atom stereocenters. The van der Waals surface area contributed by atoms with Gasteiger partial charge in [0, 0.05) is 42.3 Å². The molecule has 2 aromatic rings. The molecule has 1 saturated heterocycles. The van der Waals surface area contributed by atoms with Crippen molar-refractivity contribution < 1.29 is 22.9 Å². The fourth-order valence-electron chi connectivity index (χ4n) is 3.57. The summed E-state index contributed by atoms with van der Waals surface area (Å²) >= 11 is 0. The number of ether oxygens (including phenoxy) is 1. The fraction of sp³-hybridized carbons (Fsp3) is 0.478. The van der Waals surface area contributed by atoms with Crippen LogP contribution in [0.4, 0.5) is 13.6 Å². The van der Waals surface area contributed by atoms with Crippen LogP contribution in [0.3, 0.4) is 0 Å². The third-order valence-electron chi connectivity index (χ3n) is 5.14. The molecule has 1 aromatic carbocycles. The van der Waals surface area contributed by atoms with Gasteiger partial charge in [-0.05, 0) is 33.6 Å². The number of carbonyl (C=O) groups excluding carboxylic acids is 1. The van der Waals surface area contributed by atoms with Gasteiger partial charge in [-0.15, -0.1) is 0 Å². The van der Waals surface area contributed by atoms with Crippen molar-refractivity contribution in [1.29, 1.82) is 0 Å². The number of amides is 1. The van der Waals surface area contributed by atoms with Crippen molar-refractivity contribution in [3.05, 3.63) is 66.0 Å². The second kappa shape index (κ2) is 8.47. The van der Waals surface area contributed by atoms with E-state index in [4.69, 9.17) is 4.74 Å². The Morgan fingerprint density at radius 3 is 2.21 bits per heavy atom. The summed E-state index contributed by atoms with van der Waals surface area (Å²) in [4.78, 5) is 13.7. The molecule has 1 aromatic heterocycles. The fourth-order valence-corrected chi connectivity index (χ4v) is 3.57. The van der Waals surface area contributed by atoms with Crippen LogP contribution in [0, 0.1) is 5.92 Å². The van der Waals surface area contributed by atoms with Crippen molar-refractivity contribution in [3.63, 3.8) is 0 Å². The summed E-state index contributed by atoms with van der Waals surface area (Å²) in [5.41, 5.74) is 0.556. The first kappa shape index (κ1) is 21.2. The number of hydrogen-bond donors (Lipinski definition) is 0. The minimum absolute atomic E-state index is 0.0255. The summed E-state index contributed by atoms with van der Waals surface area (Å²) in [5, 5.41) is 0. The lowest BCUT2D eigenvalue weighted by Crippen LogP contribution is -2.44. The number of aromatic nitrogens is 1. The van der Waals surface area contributed by atoms with E-state index in [1.165, 1.54) is 17.0 Å². The van der Waals surface area contributed by atoms with E-state index in [-0.39, 0.29) is 31.5 Å². The van der Waals surface area contributed by atoms with Gasteiger partial charge in [0.05, 0.1) is 0 Å². The molecule has 0 bridgehead atoms. The van der Waals surface area contributed by atoms with E-state index >= 15 is 8.78 Å². The summed E-state index contributed by atoms with van der Waals surface area (Å²) in [7, 11) is 0. The third-order valence-corrected chi connectivity index (χ3v) is 5.14. The van der Waals surface area contributed by atoms with Gasteiger partial charge in [0.2, 0.25) is 0 Å². The Hall–Kier alpha value is -2.50. The van der Waals surface area contributed by atoms with E-state index in [9.17, 15) is 4.79 Å². The molecule has 1 aliphatic rings. The lowest BCUT2D eigenvalue weighted by atomic mass is 9.87. The lowest BCUT2D eigenvalue weighted by molar-refractivity contribution is -0.688. The van der Waals surface area contributed by atoms with Crippen molar-refractivity contribution in [1.82, 2.24) is 4.90 Å². The van der Waals surface area contributed by atoms with Gasteiger partial charge in [0.15, 0.2) is 18.9 Å². The van der Waals surface area contributed by atoms with Crippen molar-refractivity contribution in [2.75, 3.05) is 13.1 Å². The Morgan fingerprint density at radius 1 is 1.07 bits per heavy atom. The summed E-state index contributed by atoms with van der Waals surface area (Å²) in [5.74, 6) is -3.71. The highest BCUT2D eigenvalue weighted by Crippen LogP contribution is 2.41. The minimum Gasteiger partial charge on any atom is -0.444 e. The Labute approximate surface area is 171 Å². The highest BCUT2D eigenvalue weighted by Gasteiger charge is 2.44. The van der Waals surface area contributed by atoms with E-state index in [0.717, 1.165) is 5.56 Å². The largest absolute Gasteiger partial charge is 0.444 e. The molecule has 156 valence electrons. The molecule has 0 spiro atoms. The van der Waals surface area contributed by atoms with Gasteiger partial charge < -0.3 is 9.64 Å². The second-order valence-electron chi connectivity index (χ2n) is 8.61. The van der Waals surface area contributed by atoms with Gasteiger partial charge in [-0.2, -0.15) is 0 Å². The number of likely N-dealkylation sites (tertiary alicyclic amines) is 1. The van der Waals surface area contributed by atoms with E-state index in [0.29, 0.717) is 6.54 Å². The Kier molecular flexibility index (Phi) is 6.20. The van der Waals surface area contributed by atoms with Gasteiger partial charge in [-0.25, -0.2) is 18.1 Å². The van der Waals surface area contributed by atoms with Crippen LogP contribution in [0.25, 0.3) is 0 Å². The van der Waals surface area contributed by atoms with E-state index < -0.39 is 23.5 Å². The zero-order valence-corrected chi connectivity index (χ0v) is 17.3. The molecule has 0 unspecified atom stereocenters. The average molecular weight is 403 g/mol. The first-order valence-electron chi connectivity index (χ1n) is 10.0. The molecule has 0 aliphatic carbocycles. The molecule has 1 amide bonds. The Balaban J connectivity index is 1.60. The Morgan fingerprint density at radius 2 is 1.66 bits per heavy atom. The van der Waals surface area contributed by atoms with Gasteiger partial charge in [0.1, 0.15) is 5.60 Å². The van der Waals surface area contributed by atoms with Gasteiger partial charge >= 0.3 is 6.09 Å². The second-order valence-corrected chi connectivity index (χ2v) is 8.61. The van der Waals surface area contributed by atoms with Crippen LogP contribution in [0.1, 0.15) is 44.7 Å². The number of halogens is 2. The van der Waals surface area contributed by atoms with Crippen molar-refractivity contribution >= 4 is 6.09 Å². The van der Waals surface area contributed by atoms with Crippen molar-refractivity contribution in [2.45, 2.75) is 51.7 Å². The van der Waals surface area contributed by atoms with Crippen LogP contribution in [0.5, 0.6) is 0 Å². The van der Waals surface area contributed by atoms with Crippen LogP contribution in [-0.2, 0) is 17.2 Å². The molecule has 0 radical (unpaired) electrons. The third kappa shape index (κ3) is 5.52. The van der Waals surface area contributed by atoms with E-state index in [1.54, 1.807) is 33.2 Å². The number of carbonyl (C=O) groups is 1. The molecule has 2 heterocycles. The molecule has 29 heavy (non-hydrogen) atoms. The van der Waals surface area contributed by atoms with Crippen LogP contribution in [0.2, 0.25) is 0 Å². The SMILES string of the molecule is CC(C)(C)OC(=O)N1CCC(C(F)(F)c2cc[n+](Cc3ccccc3)cc2)CC1. The van der Waals surface area contributed by atoms with E-state index in [2.05, 4.69) is 0 Å². The van der Waals surface area contributed by atoms with Crippen LogP contribution in [0.15, 0.2) is 54.9 Å². The van der Waals surface area contributed by atoms with Gasteiger partial charge in [-0.3, -0.25) is 0 Å². The zero-order chi connectivity index (χ0) is 21.1. The highest BCUT2D eigenvalue weighted by molar-refractivity contribution is 5.68. The maximum Gasteiger partial charge on any atom is 0.410 e. The number of pyridine rings is 1. The molecule has 0 N–H and O–H groups in total. The predicted molar refractivity (Wildman–Crippen MR) is 107 cm³/mol. The van der Waals surface area contributed by atoms with Gasteiger partial charge in [-0.1, -0.05) is 30.3 Å². The van der Waals surface area contributed by atoms with Crippen LogP contribution >= 0.6 is 0 Å². The zero-order valence-electron chi connectivity index (χ0n) is 17.3. The Bertz CT molecular complexity index is 809. The van der Waals surface area contributed by atoms with Crippen LogP contribution in [-0.4, -0.2) is 29.7 Å². The molecular formula is C23H29F2N2O2+. The topological polar surface area (TPSA) is 33.4 Å². The average Bonchev–Trinajstić information content (AvgIpc) is 2.68. The van der Waals surface area contributed by atoms with Gasteiger partial charge in [0.25, 0.3) is 5.92 Å². The number of hydrogen-bond acceptors (Lipinski definition) is 2. The molecule has 0 saturated carbocycles. The minimum atomic E-state index is -2.92. The predicted octanol–water partition coefficient (Wildman–Crippen LogP) is 4.76. The first-order chi connectivity index (χ1) is 13.6. The van der Waals surface area contributed by atoms with E-state index in [1.807, 2.05) is 34.9 Å². The highest BCUT2D eigenvalue weighted by atomic mass is 19.3. The summed E-state index contributed by atoms with van der Waals surface area (Å²) in [6, 6.07) is 12.9. The standard InChI is InChI=1S/C23H29F2N2O2/c1-22(2,3)29-21(28)27-15-11-20(12-16-27)23(24,25)19-9-13-26(14-10-19)17-18-7-5-4-6-8-18/h4-10,13-14,20H,11-12,15-17H2,1-3H3/q+1. The molecule has 1 fully saturated rings. The number of rotatable bonds is 4. The monoisotopic (exact) mass is 403 g/mol.